The van der Waals surface area contributed by atoms with E-state index in [1.807, 2.05) is 18.7 Å². The maximum atomic E-state index is 13.1. The average Bonchev–Trinajstić information content (AvgIpc) is 2.44. The number of hydrogen-bond donors (Lipinski definition) is 2. The van der Waals surface area contributed by atoms with E-state index in [1.165, 1.54) is 6.07 Å². The molecule has 118 valence electrons. The van der Waals surface area contributed by atoms with Crippen molar-refractivity contribution in [2.24, 2.45) is 10.9 Å². The summed E-state index contributed by atoms with van der Waals surface area (Å²) in [6.07, 6.45) is -2.89. The lowest BCUT2D eigenvalue weighted by atomic mass is 10.0. The Balaban J connectivity index is 3.32. The first kappa shape index (κ1) is 17.1. The first-order valence-corrected chi connectivity index (χ1v) is 6.79. The van der Waals surface area contributed by atoms with Gasteiger partial charge < -0.3 is 15.8 Å². The molecule has 7 heteroatoms. The van der Waals surface area contributed by atoms with Crippen molar-refractivity contribution in [3.63, 3.8) is 0 Å². The third-order valence-electron chi connectivity index (χ3n) is 3.04. The number of nitrogens with two attached hydrogens (primary N) is 1. The van der Waals surface area contributed by atoms with Gasteiger partial charge in [-0.15, -0.1) is 0 Å². The topological polar surface area (TPSA) is 61.8 Å². The fourth-order valence-corrected chi connectivity index (χ4v) is 2.15. The minimum absolute atomic E-state index is 0.318. The highest BCUT2D eigenvalue weighted by atomic mass is 19.4. The first-order valence-electron chi connectivity index (χ1n) is 6.79. The quantitative estimate of drug-likeness (QED) is 0.366. The summed E-state index contributed by atoms with van der Waals surface area (Å²) in [4.78, 5) is 1.89. The zero-order valence-electron chi connectivity index (χ0n) is 12.1. The Morgan fingerprint density at radius 1 is 1.24 bits per heavy atom. The Labute approximate surface area is 122 Å². The molecule has 0 saturated carbocycles. The summed E-state index contributed by atoms with van der Waals surface area (Å²) in [7, 11) is 0. The summed E-state index contributed by atoms with van der Waals surface area (Å²) in [6, 6.07) is 3.86. The highest BCUT2D eigenvalue weighted by Gasteiger charge is 2.35. The Kier molecular flexibility index (Phi) is 5.87. The summed E-state index contributed by atoms with van der Waals surface area (Å²) in [5.41, 5.74) is 4.59. The van der Waals surface area contributed by atoms with Gasteiger partial charge in [-0.05, 0) is 31.0 Å². The van der Waals surface area contributed by atoms with Crippen molar-refractivity contribution in [2.75, 3.05) is 18.0 Å². The fourth-order valence-electron chi connectivity index (χ4n) is 2.15. The lowest BCUT2D eigenvalue weighted by molar-refractivity contribution is -0.137. The van der Waals surface area contributed by atoms with E-state index in [-0.39, 0.29) is 5.56 Å². The van der Waals surface area contributed by atoms with E-state index in [0.717, 1.165) is 18.9 Å². The molecular formula is C14H20F3N3O. The van der Waals surface area contributed by atoms with Gasteiger partial charge >= 0.3 is 6.18 Å². The lowest BCUT2D eigenvalue weighted by Gasteiger charge is -2.25. The van der Waals surface area contributed by atoms with E-state index in [0.29, 0.717) is 18.8 Å². The molecule has 1 aromatic rings. The third kappa shape index (κ3) is 4.27. The SMILES string of the molecule is CCCN(CCC)c1ccc(/C(N)=N/O)c(C(F)(F)F)c1. The summed E-state index contributed by atoms with van der Waals surface area (Å²) in [6.45, 7) is 5.29. The number of rotatable bonds is 6. The van der Waals surface area contributed by atoms with Gasteiger partial charge in [0, 0.05) is 24.3 Å². The molecule has 0 aromatic heterocycles. The van der Waals surface area contributed by atoms with Crippen LogP contribution in [0.15, 0.2) is 23.4 Å². The van der Waals surface area contributed by atoms with Gasteiger partial charge in [0.25, 0.3) is 0 Å². The summed E-state index contributed by atoms with van der Waals surface area (Å²) in [5, 5.41) is 11.3. The molecule has 0 radical (unpaired) electrons. The standard InChI is InChI=1S/C14H20F3N3O/c1-3-7-20(8-4-2)10-5-6-11(13(18)19-21)12(9-10)14(15,16)17/h5-6,9,21H,3-4,7-8H2,1-2H3,(H2,18,19). The molecule has 0 aliphatic heterocycles. The van der Waals surface area contributed by atoms with Crippen molar-refractivity contribution in [3.8, 4) is 0 Å². The number of oxime groups is 1. The van der Waals surface area contributed by atoms with Crippen LogP contribution >= 0.6 is 0 Å². The molecule has 0 unspecified atom stereocenters. The second-order valence-electron chi connectivity index (χ2n) is 4.70. The number of halogens is 3. The lowest BCUT2D eigenvalue weighted by Crippen LogP contribution is -2.26. The normalized spacial score (nSPS) is 12.5. The summed E-state index contributed by atoms with van der Waals surface area (Å²) < 4.78 is 39.4. The molecule has 21 heavy (non-hydrogen) atoms. The predicted octanol–water partition coefficient (Wildman–Crippen LogP) is 3.43. The van der Waals surface area contributed by atoms with Crippen LogP contribution in [0, 0.1) is 0 Å². The highest BCUT2D eigenvalue weighted by Crippen LogP contribution is 2.34. The van der Waals surface area contributed by atoms with Crippen molar-refractivity contribution in [1.82, 2.24) is 0 Å². The molecule has 1 aromatic carbocycles. The number of nitrogens with zero attached hydrogens (tertiary/aromatic N) is 2. The molecular weight excluding hydrogens is 283 g/mol. The fraction of sp³-hybridized carbons (Fsp3) is 0.500. The van der Waals surface area contributed by atoms with Crippen LogP contribution in [0.2, 0.25) is 0 Å². The minimum atomic E-state index is -4.56. The van der Waals surface area contributed by atoms with Crippen LogP contribution in [-0.2, 0) is 6.18 Å². The van der Waals surface area contributed by atoms with E-state index in [2.05, 4.69) is 5.16 Å². The van der Waals surface area contributed by atoms with Gasteiger partial charge in [0.2, 0.25) is 0 Å². The average molecular weight is 303 g/mol. The van der Waals surface area contributed by atoms with Crippen molar-refractivity contribution in [2.45, 2.75) is 32.9 Å². The molecule has 0 bridgehead atoms. The minimum Gasteiger partial charge on any atom is -0.409 e. The number of benzene rings is 1. The summed E-state index contributed by atoms with van der Waals surface area (Å²) in [5.74, 6) is -0.550. The molecule has 1 rings (SSSR count). The van der Waals surface area contributed by atoms with Gasteiger partial charge in [0.05, 0.1) is 5.56 Å². The molecule has 0 heterocycles. The van der Waals surface area contributed by atoms with Crippen LogP contribution in [-0.4, -0.2) is 24.1 Å². The van der Waals surface area contributed by atoms with Crippen LogP contribution in [0.25, 0.3) is 0 Å². The Bertz CT molecular complexity index is 495. The largest absolute Gasteiger partial charge is 0.417 e. The smallest absolute Gasteiger partial charge is 0.409 e. The molecule has 0 fully saturated rings. The van der Waals surface area contributed by atoms with E-state index in [4.69, 9.17) is 10.9 Å². The number of anilines is 1. The monoisotopic (exact) mass is 303 g/mol. The molecule has 3 N–H and O–H groups in total. The third-order valence-corrected chi connectivity index (χ3v) is 3.04. The molecule has 0 amide bonds. The van der Waals surface area contributed by atoms with Crippen molar-refractivity contribution in [3.05, 3.63) is 29.3 Å². The zero-order chi connectivity index (χ0) is 16.0. The van der Waals surface area contributed by atoms with Crippen LogP contribution in [0.4, 0.5) is 18.9 Å². The molecule has 0 spiro atoms. The van der Waals surface area contributed by atoms with Gasteiger partial charge in [0.15, 0.2) is 5.84 Å². The van der Waals surface area contributed by atoms with Gasteiger partial charge in [-0.3, -0.25) is 0 Å². The molecule has 0 saturated heterocycles. The Hall–Kier alpha value is -1.92. The molecule has 0 atom stereocenters. The molecule has 0 aliphatic rings. The highest BCUT2D eigenvalue weighted by molar-refractivity contribution is 5.99. The molecule has 4 nitrogen and oxygen atoms in total. The van der Waals surface area contributed by atoms with Gasteiger partial charge in [-0.2, -0.15) is 13.2 Å². The predicted molar refractivity (Wildman–Crippen MR) is 76.7 cm³/mol. The van der Waals surface area contributed by atoms with E-state index in [9.17, 15) is 13.2 Å². The number of amidine groups is 1. The maximum Gasteiger partial charge on any atom is 0.417 e. The van der Waals surface area contributed by atoms with Crippen molar-refractivity contribution >= 4 is 11.5 Å². The van der Waals surface area contributed by atoms with E-state index < -0.39 is 17.6 Å². The Morgan fingerprint density at radius 3 is 2.24 bits per heavy atom. The maximum absolute atomic E-state index is 13.1. The van der Waals surface area contributed by atoms with Crippen molar-refractivity contribution < 1.29 is 18.4 Å². The van der Waals surface area contributed by atoms with E-state index >= 15 is 0 Å². The van der Waals surface area contributed by atoms with Gasteiger partial charge in [-0.25, -0.2) is 0 Å². The number of hydrogen-bond acceptors (Lipinski definition) is 3. The van der Waals surface area contributed by atoms with Crippen LogP contribution < -0.4 is 10.6 Å². The van der Waals surface area contributed by atoms with Crippen LogP contribution in [0.3, 0.4) is 0 Å². The van der Waals surface area contributed by atoms with Crippen LogP contribution in [0.1, 0.15) is 37.8 Å². The van der Waals surface area contributed by atoms with E-state index in [1.54, 1.807) is 6.07 Å². The van der Waals surface area contributed by atoms with Crippen molar-refractivity contribution in [1.29, 1.82) is 0 Å². The summed E-state index contributed by atoms with van der Waals surface area (Å²) >= 11 is 0. The zero-order valence-corrected chi connectivity index (χ0v) is 12.1. The number of alkyl halides is 3. The second-order valence-corrected chi connectivity index (χ2v) is 4.70. The van der Waals surface area contributed by atoms with Crippen LogP contribution in [0.5, 0.6) is 0 Å². The molecule has 0 aliphatic carbocycles. The second kappa shape index (κ2) is 7.19. The van der Waals surface area contributed by atoms with Gasteiger partial charge in [-0.1, -0.05) is 19.0 Å². The Morgan fingerprint density at radius 2 is 1.81 bits per heavy atom. The first-order chi connectivity index (χ1) is 9.85. The van der Waals surface area contributed by atoms with Gasteiger partial charge in [0.1, 0.15) is 0 Å².